The van der Waals surface area contributed by atoms with E-state index >= 15 is 0 Å². The number of nitrogens with zero attached hydrogens (tertiary/aromatic N) is 1. The van der Waals surface area contributed by atoms with Crippen LogP contribution in [0.25, 0.3) is 44.0 Å². The van der Waals surface area contributed by atoms with Gasteiger partial charge in [-0.15, -0.1) is 0 Å². The zero-order chi connectivity index (χ0) is 16.1. The first-order chi connectivity index (χ1) is 11.8. The molecule has 3 aromatic carbocycles. The highest BCUT2D eigenvalue weighted by molar-refractivity contribution is 9.10. The fraction of sp³-hybridized carbons (Fsp3) is 0. The molecular weight excluding hydrogens is 360 g/mol. The highest BCUT2D eigenvalue weighted by Gasteiger charge is 2.15. The number of hydrogen-bond acceptors (Lipinski definition) is 1. The molecule has 5 rings (SSSR count). The lowest BCUT2D eigenvalue weighted by Crippen LogP contribution is -1.87. The SMILES string of the molecule is Brc1ccc2[nH]c3nc4ccccc4c(-c4ccccc4)c3c2c1. The van der Waals surface area contributed by atoms with Gasteiger partial charge in [0.15, 0.2) is 0 Å². The minimum absolute atomic E-state index is 0.931. The highest BCUT2D eigenvalue weighted by Crippen LogP contribution is 2.39. The molecule has 0 atom stereocenters. The first-order valence-electron chi connectivity index (χ1n) is 7.86. The van der Waals surface area contributed by atoms with Crippen molar-refractivity contribution in [1.29, 1.82) is 0 Å². The normalized spacial score (nSPS) is 11.5. The molecule has 0 amide bonds. The van der Waals surface area contributed by atoms with Gasteiger partial charge in [0.05, 0.1) is 5.52 Å². The van der Waals surface area contributed by atoms with Crippen molar-refractivity contribution in [2.45, 2.75) is 0 Å². The number of para-hydroxylation sites is 1. The van der Waals surface area contributed by atoms with E-state index in [1.807, 2.05) is 6.07 Å². The number of fused-ring (bicyclic) bond motifs is 4. The van der Waals surface area contributed by atoms with Crippen LogP contribution >= 0.6 is 15.9 Å². The number of nitrogens with one attached hydrogen (secondary N) is 1. The third-order valence-corrected chi connectivity index (χ3v) is 4.95. The molecule has 0 radical (unpaired) electrons. The molecule has 2 nitrogen and oxygen atoms in total. The minimum atomic E-state index is 0.931. The molecule has 24 heavy (non-hydrogen) atoms. The fourth-order valence-electron chi connectivity index (χ4n) is 3.43. The number of aromatic nitrogens is 2. The van der Waals surface area contributed by atoms with E-state index in [2.05, 4.69) is 87.6 Å². The van der Waals surface area contributed by atoms with Crippen molar-refractivity contribution in [3.05, 3.63) is 77.3 Å². The summed E-state index contributed by atoms with van der Waals surface area (Å²) >= 11 is 3.60. The Kier molecular flexibility index (Phi) is 2.97. The minimum Gasteiger partial charge on any atom is -0.339 e. The summed E-state index contributed by atoms with van der Waals surface area (Å²) in [4.78, 5) is 8.34. The summed E-state index contributed by atoms with van der Waals surface area (Å²) in [7, 11) is 0. The van der Waals surface area contributed by atoms with Crippen molar-refractivity contribution in [2.24, 2.45) is 0 Å². The van der Waals surface area contributed by atoms with E-state index in [9.17, 15) is 0 Å². The monoisotopic (exact) mass is 372 g/mol. The molecule has 3 heteroatoms. The molecule has 0 fully saturated rings. The van der Waals surface area contributed by atoms with E-state index in [0.717, 1.165) is 21.2 Å². The Morgan fingerprint density at radius 1 is 0.792 bits per heavy atom. The summed E-state index contributed by atoms with van der Waals surface area (Å²) in [6, 6.07) is 25.2. The van der Waals surface area contributed by atoms with Gasteiger partial charge < -0.3 is 4.98 Å². The van der Waals surface area contributed by atoms with Gasteiger partial charge in [-0.05, 0) is 29.8 Å². The maximum atomic E-state index is 4.86. The molecule has 1 N–H and O–H groups in total. The second-order valence-corrected chi connectivity index (χ2v) is 6.82. The van der Waals surface area contributed by atoms with Gasteiger partial charge in [0.2, 0.25) is 0 Å². The summed E-state index contributed by atoms with van der Waals surface area (Å²) in [6.45, 7) is 0. The smallest absolute Gasteiger partial charge is 0.139 e. The third-order valence-electron chi connectivity index (χ3n) is 4.46. The number of aromatic amines is 1. The highest BCUT2D eigenvalue weighted by atomic mass is 79.9. The number of H-pyrrole nitrogens is 1. The van der Waals surface area contributed by atoms with Gasteiger partial charge in [0, 0.05) is 31.7 Å². The Bertz CT molecular complexity index is 1210. The second-order valence-electron chi connectivity index (χ2n) is 5.91. The number of benzene rings is 3. The molecule has 2 aromatic heterocycles. The van der Waals surface area contributed by atoms with E-state index in [0.29, 0.717) is 0 Å². The Hall–Kier alpha value is -2.65. The molecule has 0 bridgehead atoms. The van der Waals surface area contributed by atoms with Gasteiger partial charge in [-0.25, -0.2) is 4.98 Å². The van der Waals surface area contributed by atoms with Gasteiger partial charge in [-0.3, -0.25) is 0 Å². The van der Waals surface area contributed by atoms with E-state index < -0.39 is 0 Å². The van der Waals surface area contributed by atoms with Crippen molar-refractivity contribution in [2.75, 3.05) is 0 Å². The number of halogens is 1. The first-order valence-corrected chi connectivity index (χ1v) is 8.66. The summed E-state index contributed by atoms with van der Waals surface area (Å²) in [6.07, 6.45) is 0. The van der Waals surface area contributed by atoms with E-state index in [-0.39, 0.29) is 0 Å². The Morgan fingerprint density at radius 3 is 2.46 bits per heavy atom. The lowest BCUT2D eigenvalue weighted by Gasteiger charge is -2.09. The molecule has 2 heterocycles. The van der Waals surface area contributed by atoms with Crippen molar-refractivity contribution in [3.63, 3.8) is 0 Å². The van der Waals surface area contributed by atoms with Gasteiger partial charge in [-0.1, -0.05) is 64.5 Å². The summed E-state index contributed by atoms with van der Waals surface area (Å²) in [5.74, 6) is 0. The van der Waals surface area contributed by atoms with Crippen LogP contribution in [0.2, 0.25) is 0 Å². The average Bonchev–Trinajstić information content (AvgIpc) is 2.97. The van der Waals surface area contributed by atoms with Gasteiger partial charge in [-0.2, -0.15) is 0 Å². The van der Waals surface area contributed by atoms with Crippen LogP contribution in [0.5, 0.6) is 0 Å². The van der Waals surface area contributed by atoms with Gasteiger partial charge >= 0.3 is 0 Å². The molecule has 114 valence electrons. The quantitative estimate of drug-likeness (QED) is 0.367. The first kappa shape index (κ1) is 13.8. The van der Waals surface area contributed by atoms with Crippen LogP contribution in [-0.4, -0.2) is 9.97 Å². The number of pyridine rings is 1. The molecule has 0 aliphatic carbocycles. The predicted molar refractivity (Wildman–Crippen MR) is 104 cm³/mol. The summed E-state index contributed by atoms with van der Waals surface area (Å²) < 4.78 is 1.07. The average molecular weight is 373 g/mol. The van der Waals surface area contributed by atoms with Gasteiger partial charge in [0.1, 0.15) is 5.65 Å². The molecule has 5 aromatic rings. The predicted octanol–water partition coefficient (Wildman–Crippen LogP) is 6.30. The van der Waals surface area contributed by atoms with E-state index in [1.165, 1.54) is 27.3 Å². The zero-order valence-corrected chi connectivity index (χ0v) is 14.3. The maximum Gasteiger partial charge on any atom is 0.139 e. The molecule has 0 unspecified atom stereocenters. The number of rotatable bonds is 1. The Morgan fingerprint density at radius 2 is 1.58 bits per heavy atom. The van der Waals surface area contributed by atoms with Crippen LogP contribution in [0.3, 0.4) is 0 Å². The maximum absolute atomic E-state index is 4.86. The van der Waals surface area contributed by atoms with Crippen molar-refractivity contribution in [3.8, 4) is 11.1 Å². The van der Waals surface area contributed by atoms with Crippen molar-refractivity contribution < 1.29 is 0 Å². The van der Waals surface area contributed by atoms with Crippen LogP contribution in [0.1, 0.15) is 0 Å². The van der Waals surface area contributed by atoms with Crippen LogP contribution in [-0.2, 0) is 0 Å². The van der Waals surface area contributed by atoms with Crippen LogP contribution in [0.15, 0.2) is 77.3 Å². The molecule has 0 saturated carbocycles. The Labute approximate surface area is 147 Å². The number of hydrogen-bond donors (Lipinski definition) is 1. The topological polar surface area (TPSA) is 28.7 Å². The molecular formula is C21H13BrN2. The third kappa shape index (κ3) is 1.98. The lowest BCUT2D eigenvalue weighted by atomic mass is 9.96. The molecule has 0 spiro atoms. The lowest BCUT2D eigenvalue weighted by molar-refractivity contribution is 1.40. The van der Waals surface area contributed by atoms with E-state index in [1.54, 1.807) is 0 Å². The Balaban J connectivity index is 2.08. The van der Waals surface area contributed by atoms with Crippen LogP contribution in [0.4, 0.5) is 0 Å². The van der Waals surface area contributed by atoms with E-state index in [4.69, 9.17) is 4.98 Å². The molecule has 0 aliphatic rings. The standard InChI is InChI=1S/C21H13BrN2/c22-14-10-11-18-16(12-14)20-19(13-6-2-1-3-7-13)15-8-4-5-9-17(15)23-21(20)24-18/h1-12H,(H,23,24). The summed E-state index contributed by atoms with van der Waals surface area (Å²) in [5.41, 5.74) is 5.49. The molecule has 0 saturated heterocycles. The van der Waals surface area contributed by atoms with Crippen LogP contribution in [0, 0.1) is 0 Å². The van der Waals surface area contributed by atoms with Crippen molar-refractivity contribution >= 4 is 48.8 Å². The zero-order valence-electron chi connectivity index (χ0n) is 12.8. The van der Waals surface area contributed by atoms with Gasteiger partial charge in [0.25, 0.3) is 0 Å². The second kappa shape index (κ2) is 5.18. The molecule has 0 aliphatic heterocycles. The fourth-order valence-corrected chi connectivity index (χ4v) is 3.79. The van der Waals surface area contributed by atoms with Crippen molar-refractivity contribution in [1.82, 2.24) is 9.97 Å². The summed E-state index contributed by atoms with van der Waals surface area (Å²) in [5, 5.41) is 3.55. The van der Waals surface area contributed by atoms with Crippen LogP contribution < -0.4 is 0 Å². The largest absolute Gasteiger partial charge is 0.339 e.